The molecule has 1 aromatic heterocycles. The summed E-state index contributed by atoms with van der Waals surface area (Å²) in [5, 5.41) is 5.38. The highest BCUT2D eigenvalue weighted by atomic mass is 79.9. The van der Waals surface area contributed by atoms with Crippen molar-refractivity contribution >= 4 is 15.9 Å². The van der Waals surface area contributed by atoms with Gasteiger partial charge in [-0.15, -0.1) is 0 Å². The molecule has 0 aromatic carbocycles. The maximum atomic E-state index is 4.21. The van der Waals surface area contributed by atoms with Gasteiger partial charge in [-0.1, -0.05) is 15.9 Å². The molecule has 1 aliphatic heterocycles. The maximum absolute atomic E-state index is 4.21. The molecule has 0 saturated carbocycles. The smallest absolute Gasteiger partial charge is 0.0536 e. The predicted molar refractivity (Wildman–Crippen MR) is 65.2 cm³/mol. The van der Waals surface area contributed by atoms with Crippen molar-refractivity contribution in [3.8, 4) is 0 Å². The van der Waals surface area contributed by atoms with E-state index >= 15 is 0 Å². The van der Waals surface area contributed by atoms with E-state index in [2.05, 4.69) is 25.9 Å². The molecule has 1 saturated heterocycles. The summed E-state index contributed by atoms with van der Waals surface area (Å²) in [5.74, 6) is 0.894. The van der Waals surface area contributed by atoms with Crippen molar-refractivity contribution in [2.24, 2.45) is 5.92 Å². The topological polar surface area (TPSA) is 21.1 Å². The van der Waals surface area contributed by atoms with Crippen LogP contribution in [0.3, 0.4) is 0 Å². The van der Waals surface area contributed by atoms with Crippen LogP contribution in [0.15, 0.2) is 18.5 Å². The molecule has 1 fully saturated rings. The Labute approximate surface area is 99.6 Å². The van der Waals surface area contributed by atoms with Gasteiger partial charge in [-0.3, -0.25) is 4.68 Å². The molecular formula is C11H18BrN3. The molecule has 0 bridgehead atoms. The van der Waals surface area contributed by atoms with Crippen LogP contribution in [0.25, 0.3) is 0 Å². The van der Waals surface area contributed by atoms with Crippen LogP contribution in [0.5, 0.6) is 0 Å². The Bertz CT molecular complexity index is 265. The first-order valence-electron chi connectivity index (χ1n) is 5.64. The van der Waals surface area contributed by atoms with E-state index in [0.717, 1.165) is 19.0 Å². The van der Waals surface area contributed by atoms with Crippen molar-refractivity contribution in [1.29, 1.82) is 0 Å². The second-order valence-corrected chi connectivity index (χ2v) is 4.86. The highest BCUT2D eigenvalue weighted by molar-refractivity contribution is 9.09. The second kappa shape index (κ2) is 5.66. The standard InChI is InChI=1S/C11H18BrN3/c12-10-11-2-6-14(7-3-11)8-9-15-5-1-4-13-15/h1,4-5,11H,2-3,6-10H2. The van der Waals surface area contributed by atoms with Crippen molar-refractivity contribution in [3.63, 3.8) is 0 Å². The Morgan fingerprint density at radius 2 is 2.07 bits per heavy atom. The van der Waals surface area contributed by atoms with E-state index in [1.165, 1.54) is 31.3 Å². The normalized spacial score (nSPS) is 19.5. The number of hydrogen-bond acceptors (Lipinski definition) is 2. The average molecular weight is 272 g/mol. The Morgan fingerprint density at radius 3 is 2.67 bits per heavy atom. The van der Waals surface area contributed by atoms with Crippen LogP contribution in [0.2, 0.25) is 0 Å². The molecular weight excluding hydrogens is 254 g/mol. The van der Waals surface area contributed by atoms with Crippen LogP contribution in [-0.4, -0.2) is 39.6 Å². The van der Waals surface area contributed by atoms with Gasteiger partial charge in [0.25, 0.3) is 0 Å². The minimum atomic E-state index is 0.894. The molecule has 0 atom stereocenters. The zero-order valence-corrected chi connectivity index (χ0v) is 10.6. The van der Waals surface area contributed by atoms with Crippen molar-refractivity contribution in [2.75, 3.05) is 25.0 Å². The van der Waals surface area contributed by atoms with Crippen molar-refractivity contribution < 1.29 is 0 Å². The average Bonchev–Trinajstić information content (AvgIpc) is 2.80. The van der Waals surface area contributed by atoms with Crippen LogP contribution in [0, 0.1) is 5.92 Å². The molecule has 0 aliphatic carbocycles. The van der Waals surface area contributed by atoms with Crippen LogP contribution < -0.4 is 0 Å². The summed E-state index contributed by atoms with van der Waals surface area (Å²) >= 11 is 3.57. The molecule has 2 rings (SSSR count). The lowest BCUT2D eigenvalue weighted by molar-refractivity contribution is 0.186. The number of alkyl halides is 1. The lowest BCUT2D eigenvalue weighted by atomic mass is 9.99. The van der Waals surface area contributed by atoms with E-state index in [0.29, 0.717) is 0 Å². The summed E-state index contributed by atoms with van der Waals surface area (Å²) in [7, 11) is 0. The van der Waals surface area contributed by atoms with Crippen LogP contribution >= 0.6 is 15.9 Å². The number of nitrogens with zero attached hydrogens (tertiary/aromatic N) is 3. The van der Waals surface area contributed by atoms with Gasteiger partial charge < -0.3 is 4.90 Å². The number of piperidine rings is 1. The van der Waals surface area contributed by atoms with E-state index in [1.807, 2.05) is 23.1 Å². The Hall–Kier alpha value is -0.350. The first kappa shape index (κ1) is 11.1. The third-order valence-corrected chi connectivity index (χ3v) is 4.05. The summed E-state index contributed by atoms with van der Waals surface area (Å²) < 4.78 is 2.01. The zero-order chi connectivity index (χ0) is 10.5. The van der Waals surface area contributed by atoms with Gasteiger partial charge in [0.1, 0.15) is 0 Å². The molecule has 0 amide bonds. The molecule has 84 valence electrons. The fraction of sp³-hybridized carbons (Fsp3) is 0.727. The van der Waals surface area contributed by atoms with E-state index < -0.39 is 0 Å². The fourth-order valence-corrected chi connectivity index (χ4v) is 2.69. The molecule has 0 radical (unpaired) electrons. The van der Waals surface area contributed by atoms with Crippen molar-refractivity contribution in [2.45, 2.75) is 19.4 Å². The highest BCUT2D eigenvalue weighted by Gasteiger charge is 2.17. The monoisotopic (exact) mass is 271 g/mol. The molecule has 15 heavy (non-hydrogen) atoms. The Balaban J connectivity index is 1.69. The van der Waals surface area contributed by atoms with Gasteiger partial charge in [-0.05, 0) is 37.9 Å². The predicted octanol–water partition coefficient (Wildman–Crippen LogP) is 1.99. The molecule has 1 aliphatic rings. The van der Waals surface area contributed by atoms with Gasteiger partial charge in [0.2, 0.25) is 0 Å². The fourth-order valence-electron chi connectivity index (χ4n) is 2.04. The molecule has 1 aromatic rings. The lowest BCUT2D eigenvalue weighted by Gasteiger charge is -2.30. The number of rotatable bonds is 4. The van der Waals surface area contributed by atoms with Gasteiger partial charge in [-0.25, -0.2) is 0 Å². The van der Waals surface area contributed by atoms with Gasteiger partial charge >= 0.3 is 0 Å². The summed E-state index contributed by atoms with van der Waals surface area (Å²) in [6.07, 6.45) is 6.55. The highest BCUT2D eigenvalue weighted by Crippen LogP contribution is 2.18. The zero-order valence-electron chi connectivity index (χ0n) is 8.98. The van der Waals surface area contributed by atoms with Crippen molar-refractivity contribution in [1.82, 2.24) is 14.7 Å². The molecule has 0 spiro atoms. The van der Waals surface area contributed by atoms with Gasteiger partial charge in [0.15, 0.2) is 0 Å². The van der Waals surface area contributed by atoms with E-state index in [-0.39, 0.29) is 0 Å². The summed E-state index contributed by atoms with van der Waals surface area (Å²) in [4.78, 5) is 2.54. The lowest BCUT2D eigenvalue weighted by Crippen LogP contribution is -2.36. The first-order chi connectivity index (χ1) is 7.38. The van der Waals surface area contributed by atoms with Gasteiger partial charge in [-0.2, -0.15) is 5.10 Å². The molecule has 3 nitrogen and oxygen atoms in total. The molecule has 2 heterocycles. The maximum Gasteiger partial charge on any atom is 0.0536 e. The third kappa shape index (κ3) is 3.31. The van der Waals surface area contributed by atoms with Crippen LogP contribution in [-0.2, 0) is 6.54 Å². The van der Waals surface area contributed by atoms with E-state index in [4.69, 9.17) is 0 Å². The minimum Gasteiger partial charge on any atom is -0.301 e. The Kier molecular flexibility index (Phi) is 4.20. The number of hydrogen-bond donors (Lipinski definition) is 0. The van der Waals surface area contributed by atoms with Gasteiger partial charge in [0, 0.05) is 24.3 Å². The molecule has 0 unspecified atom stereocenters. The van der Waals surface area contributed by atoms with Crippen LogP contribution in [0.1, 0.15) is 12.8 Å². The van der Waals surface area contributed by atoms with Crippen molar-refractivity contribution in [3.05, 3.63) is 18.5 Å². The quantitative estimate of drug-likeness (QED) is 0.782. The van der Waals surface area contributed by atoms with E-state index in [9.17, 15) is 0 Å². The Morgan fingerprint density at radius 1 is 1.27 bits per heavy atom. The minimum absolute atomic E-state index is 0.894. The largest absolute Gasteiger partial charge is 0.301 e. The first-order valence-corrected chi connectivity index (χ1v) is 6.76. The summed E-state index contributed by atoms with van der Waals surface area (Å²) in [6.45, 7) is 4.65. The number of likely N-dealkylation sites (tertiary alicyclic amines) is 1. The summed E-state index contributed by atoms with van der Waals surface area (Å²) in [5.41, 5.74) is 0. The molecule has 0 N–H and O–H groups in total. The van der Waals surface area contributed by atoms with Crippen LogP contribution in [0.4, 0.5) is 0 Å². The number of halogens is 1. The number of aromatic nitrogens is 2. The second-order valence-electron chi connectivity index (χ2n) is 4.21. The third-order valence-electron chi connectivity index (χ3n) is 3.13. The van der Waals surface area contributed by atoms with E-state index in [1.54, 1.807) is 0 Å². The SMILES string of the molecule is BrCC1CCN(CCn2cccn2)CC1. The molecule has 4 heteroatoms. The van der Waals surface area contributed by atoms with Gasteiger partial charge in [0.05, 0.1) is 6.54 Å². The summed E-state index contributed by atoms with van der Waals surface area (Å²) in [6, 6.07) is 1.98.